The molecule has 0 radical (unpaired) electrons. The molecule has 1 aromatic heterocycles. The van der Waals surface area contributed by atoms with Crippen molar-refractivity contribution in [1.82, 2.24) is 4.57 Å². The number of rotatable bonds is 3. The first-order valence-electron chi connectivity index (χ1n) is 7.10. The zero-order valence-electron chi connectivity index (χ0n) is 12.3. The van der Waals surface area contributed by atoms with Gasteiger partial charge in [0.15, 0.2) is 0 Å². The van der Waals surface area contributed by atoms with Crippen LogP contribution in [0.3, 0.4) is 0 Å². The highest BCUT2D eigenvalue weighted by atomic mass is 16.6. The molecule has 2 aromatic rings. The minimum absolute atomic E-state index is 0.132. The van der Waals surface area contributed by atoms with E-state index in [1.807, 2.05) is 6.07 Å². The Morgan fingerprint density at radius 3 is 2.95 bits per heavy atom. The van der Waals surface area contributed by atoms with Crippen molar-refractivity contribution in [1.29, 1.82) is 0 Å². The molecule has 0 saturated carbocycles. The quantitative estimate of drug-likeness (QED) is 0.797. The molecule has 6 nitrogen and oxygen atoms in total. The monoisotopic (exact) mass is 303 g/mol. The van der Waals surface area contributed by atoms with E-state index in [-0.39, 0.29) is 11.7 Å². The molecule has 1 aliphatic heterocycles. The summed E-state index contributed by atoms with van der Waals surface area (Å²) in [5, 5.41) is 1.27. The number of benzene rings is 1. The smallest absolute Gasteiger partial charge is 0.337 e. The first-order chi connectivity index (χ1) is 10.7. The van der Waals surface area contributed by atoms with Crippen molar-refractivity contribution in [3.63, 3.8) is 0 Å². The predicted molar refractivity (Wildman–Crippen MR) is 80.1 cm³/mol. The van der Waals surface area contributed by atoms with Crippen molar-refractivity contribution >= 4 is 16.7 Å². The van der Waals surface area contributed by atoms with Gasteiger partial charge in [0.1, 0.15) is 0 Å². The summed E-state index contributed by atoms with van der Waals surface area (Å²) in [5.74, 6) is -0.458. The molecule has 0 amide bonds. The van der Waals surface area contributed by atoms with E-state index >= 15 is 0 Å². The van der Waals surface area contributed by atoms with E-state index in [4.69, 9.17) is 14.2 Å². The van der Waals surface area contributed by atoms with Crippen LogP contribution in [0.4, 0.5) is 0 Å². The molecular formula is C16H17NO5. The van der Waals surface area contributed by atoms with Crippen LogP contribution in [0.1, 0.15) is 10.4 Å². The van der Waals surface area contributed by atoms with Crippen LogP contribution in [0.5, 0.6) is 0 Å². The summed E-state index contributed by atoms with van der Waals surface area (Å²) in [4.78, 5) is 24.2. The summed E-state index contributed by atoms with van der Waals surface area (Å²) in [5.41, 5.74) is 0.208. The van der Waals surface area contributed by atoms with E-state index in [2.05, 4.69) is 0 Å². The molecule has 1 aromatic carbocycles. The van der Waals surface area contributed by atoms with Crippen LogP contribution in [-0.4, -0.2) is 43.6 Å². The average molecular weight is 303 g/mol. The lowest BCUT2D eigenvalue weighted by atomic mass is 10.1. The second-order valence-corrected chi connectivity index (χ2v) is 5.13. The fraction of sp³-hybridized carbons (Fsp3) is 0.375. The lowest BCUT2D eigenvalue weighted by Gasteiger charge is -2.23. The van der Waals surface area contributed by atoms with Gasteiger partial charge in [-0.25, -0.2) is 4.79 Å². The Balaban J connectivity index is 1.96. The first-order valence-corrected chi connectivity index (χ1v) is 7.10. The van der Waals surface area contributed by atoms with Gasteiger partial charge in [-0.15, -0.1) is 0 Å². The van der Waals surface area contributed by atoms with Crippen molar-refractivity contribution in [2.75, 3.05) is 26.9 Å². The standard InChI is InChI=1S/C16H17NO5/c1-20-16(19)12-3-2-11-4-5-17(15(18)14(11)8-12)9-13-10-21-6-7-22-13/h2-5,8,13H,6-7,9-10H2,1H3. The Hall–Kier alpha value is -2.18. The molecule has 1 fully saturated rings. The second kappa shape index (κ2) is 6.29. The molecule has 22 heavy (non-hydrogen) atoms. The summed E-state index contributed by atoms with van der Waals surface area (Å²) in [7, 11) is 1.32. The molecule has 1 aliphatic rings. The molecule has 1 atom stereocenters. The van der Waals surface area contributed by atoms with Crippen molar-refractivity contribution in [2.24, 2.45) is 0 Å². The highest BCUT2D eigenvalue weighted by Gasteiger charge is 2.16. The largest absolute Gasteiger partial charge is 0.465 e. The summed E-state index contributed by atoms with van der Waals surface area (Å²) in [6.45, 7) is 2.04. The van der Waals surface area contributed by atoms with Crippen molar-refractivity contribution in [3.8, 4) is 0 Å². The van der Waals surface area contributed by atoms with Gasteiger partial charge in [-0.3, -0.25) is 4.79 Å². The summed E-state index contributed by atoms with van der Waals surface area (Å²) in [6.07, 6.45) is 1.60. The zero-order valence-corrected chi connectivity index (χ0v) is 12.3. The van der Waals surface area contributed by atoms with Crippen LogP contribution in [0, 0.1) is 0 Å². The molecular weight excluding hydrogens is 286 g/mol. The number of aromatic nitrogens is 1. The van der Waals surface area contributed by atoms with Gasteiger partial charge in [-0.05, 0) is 23.6 Å². The number of esters is 1. The van der Waals surface area contributed by atoms with Crippen LogP contribution in [0.15, 0.2) is 35.3 Å². The maximum atomic E-state index is 12.6. The van der Waals surface area contributed by atoms with Gasteiger partial charge < -0.3 is 18.8 Å². The van der Waals surface area contributed by atoms with Crippen molar-refractivity contribution < 1.29 is 19.0 Å². The summed E-state index contributed by atoms with van der Waals surface area (Å²) < 4.78 is 17.2. The van der Waals surface area contributed by atoms with Crippen LogP contribution in [-0.2, 0) is 20.8 Å². The van der Waals surface area contributed by atoms with Crippen LogP contribution < -0.4 is 5.56 Å². The fourth-order valence-electron chi connectivity index (χ4n) is 2.53. The van der Waals surface area contributed by atoms with Crippen LogP contribution >= 0.6 is 0 Å². The lowest BCUT2D eigenvalue weighted by Crippen LogP contribution is -2.35. The number of ether oxygens (including phenoxy) is 3. The van der Waals surface area contributed by atoms with Gasteiger partial charge in [0.25, 0.3) is 5.56 Å². The van der Waals surface area contributed by atoms with E-state index in [1.165, 1.54) is 7.11 Å². The second-order valence-electron chi connectivity index (χ2n) is 5.13. The highest BCUT2D eigenvalue weighted by molar-refractivity contribution is 5.95. The molecule has 2 heterocycles. The molecule has 0 aliphatic carbocycles. The Morgan fingerprint density at radius 1 is 1.36 bits per heavy atom. The molecule has 0 N–H and O–H groups in total. The number of pyridine rings is 1. The number of nitrogens with zero attached hydrogens (tertiary/aromatic N) is 1. The number of carbonyl (C=O) groups is 1. The van der Waals surface area contributed by atoms with E-state index in [1.54, 1.807) is 29.0 Å². The number of carbonyl (C=O) groups excluding carboxylic acids is 1. The van der Waals surface area contributed by atoms with Crippen molar-refractivity contribution in [2.45, 2.75) is 12.6 Å². The Morgan fingerprint density at radius 2 is 2.23 bits per heavy atom. The Kier molecular flexibility index (Phi) is 4.22. The Bertz CT molecular complexity index is 746. The fourth-order valence-corrected chi connectivity index (χ4v) is 2.53. The van der Waals surface area contributed by atoms with Gasteiger partial charge in [0, 0.05) is 11.6 Å². The molecule has 3 rings (SSSR count). The van der Waals surface area contributed by atoms with Gasteiger partial charge >= 0.3 is 5.97 Å². The third-order valence-corrected chi connectivity index (χ3v) is 3.68. The van der Waals surface area contributed by atoms with Gasteiger partial charge in [-0.2, -0.15) is 0 Å². The minimum Gasteiger partial charge on any atom is -0.465 e. The van der Waals surface area contributed by atoms with E-state index < -0.39 is 5.97 Å². The van der Waals surface area contributed by atoms with E-state index in [0.717, 1.165) is 5.39 Å². The Labute approximate surface area is 127 Å². The normalized spacial score (nSPS) is 18.3. The molecule has 6 heteroatoms. The van der Waals surface area contributed by atoms with E-state index in [0.29, 0.717) is 37.3 Å². The maximum Gasteiger partial charge on any atom is 0.337 e. The predicted octanol–water partition coefficient (Wildman–Crippen LogP) is 1.20. The maximum absolute atomic E-state index is 12.6. The zero-order chi connectivity index (χ0) is 15.5. The SMILES string of the molecule is COC(=O)c1ccc2ccn(CC3COCCO3)c(=O)c2c1. The minimum atomic E-state index is -0.458. The molecule has 0 spiro atoms. The molecule has 1 saturated heterocycles. The number of fused-ring (bicyclic) bond motifs is 1. The topological polar surface area (TPSA) is 66.8 Å². The summed E-state index contributed by atoms with van der Waals surface area (Å²) in [6, 6.07) is 6.81. The third kappa shape index (κ3) is 2.88. The van der Waals surface area contributed by atoms with Crippen molar-refractivity contribution in [3.05, 3.63) is 46.4 Å². The third-order valence-electron chi connectivity index (χ3n) is 3.68. The molecule has 116 valence electrons. The number of hydrogen-bond acceptors (Lipinski definition) is 5. The first kappa shape index (κ1) is 14.7. The van der Waals surface area contributed by atoms with E-state index in [9.17, 15) is 9.59 Å². The molecule has 0 bridgehead atoms. The van der Waals surface area contributed by atoms with Gasteiger partial charge in [0.2, 0.25) is 0 Å². The number of hydrogen-bond donors (Lipinski definition) is 0. The lowest BCUT2D eigenvalue weighted by molar-refractivity contribution is -0.0938. The summed E-state index contributed by atoms with van der Waals surface area (Å²) >= 11 is 0. The average Bonchev–Trinajstić information content (AvgIpc) is 2.57. The van der Waals surface area contributed by atoms with Gasteiger partial charge in [-0.1, -0.05) is 6.07 Å². The van der Waals surface area contributed by atoms with Crippen LogP contribution in [0.25, 0.3) is 10.8 Å². The number of methoxy groups -OCH3 is 1. The van der Waals surface area contributed by atoms with Crippen LogP contribution in [0.2, 0.25) is 0 Å². The highest BCUT2D eigenvalue weighted by Crippen LogP contribution is 2.14. The van der Waals surface area contributed by atoms with Gasteiger partial charge in [0.05, 0.1) is 45.1 Å². The molecule has 1 unspecified atom stereocenters.